The van der Waals surface area contributed by atoms with Crippen LogP contribution in [-0.2, 0) is 0 Å². The van der Waals surface area contributed by atoms with E-state index in [1.807, 2.05) is 6.92 Å². The molecule has 0 bridgehead atoms. The van der Waals surface area contributed by atoms with E-state index in [0.717, 1.165) is 13.0 Å². The number of halogens is 2. The SMILES string of the molecule is CCCNc1cncc(C(=O)Nc2ccc(F)cc2Br)n1. The van der Waals surface area contributed by atoms with Crippen LogP contribution in [0.5, 0.6) is 0 Å². The summed E-state index contributed by atoms with van der Waals surface area (Å²) in [5, 5.41) is 5.71. The number of anilines is 2. The minimum absolute atomic E-state index is 0.187. The summed E-state index contributed by atoms with van der Waals surface area (Å²) in [5.74, 6) is -0.247. The van der Waals surface area contributed by atoms with Crippen LogP contribution in [0.3, 0.4) is 0 Å². The van der Waals surface area contributed by atoms with Gasteiger partial charge in [0.05, 0.1) is 18.1 Å². The summed E-state index contributed by atoms with van der Waals surface area (Å²) in [7, 11) is 0. The first-order valence-corrected chi connectivity index (χ1v) is 7.21. The van der Waals surface area contributed by atoms with Gasteiger partial charge in [-0.1, -0.05) is 6.92 Å². The lowest BCUT2D eigenvalue weighted by Crippen LogP contribution is -2.15. The van der Waals surface area contributed by atoms with Crippen molar-refractivity contribution in [2.24, 2.45) is 0 Å². The second-order valence-electron chi connectivity index (χ2n) is 4.29. The standard InChI is InChI=1S/C14H14BrFN4O/c1-2-5-18-13-8-17-7-12(19-13)14(21)20-11-4-3-9(16)6-10(11)15/h3-4,6-8H,2,5H2,1H3,(H,18,19)(H,20,21). The fraction of sp³-hybridized carbons (Fsp3) is 0.214. The topological polar surface area (TPSA) is 66.9 Å². The van der Waals surface area contributed by atoms with Crippen molar-refractivity contribution in [2.75, 3.05) is 17.2 Å². The molecule has 2 aromatic rings. The predicted molar refractivity (Wildman–Crippen MR) is 82.9 cm³/mol. The fourth-order valence-corrected chi connectivity index (χ4v) is 2.04. The fourth-order valence-electron chi connectivity index (χ4n) is 1.59. The number of rotatable bonds is 5. The molecule has 5 nitrogen and oxygen atoms in total. The molecule has 2 N–H and O–H groups in total. The minimum atomic E-state index is -0.407. The van der Waals surface area contributed by atoms with E-state index >= 15 is 0 Å². The maximum Gasteiger partial charge on any atom is 0.275 e. The molecule has 2 rings (SSSR count). The van der Waals surface area contributed by atoms with Crippen molar-refractivity contribution in [3.05, 3.63) is 46.6 Å². The highest BCUT2D eigenvalue weighted by atomic mass is 79.9. The number of benzene rings is 1. The summed E-state index contributed by atoms with van der Waals surface area (Å²) in [4.78, 5) is 20.3. The predicted octanol–water partition coefficient (Wildman–Crippen LogP) is 3.45. The molecule has 0 fully saturated rings. The Morgan fingerprint density at radius 2 is 2.19 bits per heavy atom. The Morgan fingerprint density at radius 1 is 1.38 bits per heavy atom. The average molecular weight is 353 g/mol. The minimum Gasteiger partial charge on any atom is -0.369 e. The maximum atomic E-state index is 13.0. The van der Waals surface area contributed by atoms with Crippen molar-refractivity contribution < 1.29 is 9.18 Å². The third kappa shape index (κ3) is 4.22. The zero-order valence-electron chi connectivity index (χ0n) is 11.4. The summed E-state index contributed by atoms with van der Waals surface area (Å²) in [6, 6.07) is 4.02. The summed E-state index contributed by atoms with van der Waals surface area (Å²) in [6.07, 6.45) is 3.88. The quantitative estimate of drug-likeness (QED) is 0.864. The lowest BCUT2D eigenvalue weighted by Gasteiger charge is -2.08. The van der Waals surface area contributed by atoms with Crippen molar-refractivity contribution in [3.63, 3.8) is 0 Å². The molecule has 0 aliphatic rings. The number of carbonyl (C=O) groups is 1. The molecule has 7 heteroatoms. The second-order valence-corrected chi connectivity index (χ2v) is 5.15. The van der Waals surface area contributed by atoms with E-state index in [0.29, 0.717) is 16.0 Å². The van der Waals surface area contributed by atoms with Crippen molar-refractivity contribution >= 4 is 33.3 Å². The van der Waals surface area contributed by atoms with Crippen LogP contribution in [0.25, 0.3) is 0 Å². The van der Waals surface area contributed by atoms with Gasteiger partial charge in [0.25, 0.3) is 5.91 Å². The van der Waals surface area contributed by atoms with E-state index in [-0.39, 0.29) is 11.5 Å². The molecule has 0 aliphatic carbocycles. The third-order valence-corrected chi connectivity index (χ3v) is 3.26. The van der Waals surface area contributed by atoms with E-state index in [2.05, 4.69) is 36.5 Å². The Morgan fingerprint density at radius 3 is 2.90 bits per heavy atom. The summed E-state index contributed by atoms with van der Waals surface area (Å²) in [6.45, 7) is 2.78. The van der Waals surface area contributed by atoms with Gasteiger partial charge < -0.3 is 10.6 Å². The monoisotopic (exact) mass is 352 g/mol. The highest BCUT2D eigenvalue weighted by Crippen LogP contribution is 2.23. The first-order valence-electron chi connectivity index (χ1n) is 6.42. The molecule has 0 saturated heterocycles. The highest BCUT2D eigenvalue weighted by Gasteiger charge is 2.11. The smallest absolute Gasteiger partial charge is 0.275 e. The largest absolute Gasteiger partial charge is 0.369 e. The van der Waals surface area contributed by atoms with Gasteiger partial charge in [-0.25, -0.2) is 9.37 Å². The van der Waals surface area contributed by atoms with E-state index in [9.17, 15) is 9.18 Å². The summed E-state index contributed by atoms with van der Waals surface area (Å²) >= 11 is 3.19. The van der Waals surface area contributed by atoms with Crippen LogP contribution in [0.2, 0.25) is 0 Å². The molecule has 0 radical (unpaired) electrons. The Bertz CT molecular complexity index is 651. The van der Waals surface area contributed by atoms with Crippen molar-refractivity contribution in [3.8, 4) is 0 Å². The molecule has 1 aromatic heterocycles. The highest BCUT2D eigenvalue weighted by molar-refractivity contribution is 9.10. The molecule has 0 unspecified atom stereocenters. The summed E-state index contributed by atoms with van der Waals surface area (Å²) in [5.41, 5.74) is 0.655. The van der Waals surface area contributed by atoms with Crippen molar-refractivity contribution in [2.45, 2.75) is 13.3 Å². The van der Waals surface area contributed by atoms with E-state index in [1.165, 1.54) is 24.4 Å². The number of amides is 1. The van der Waals surface area contributed by atoms with Crippen LogP contribution in [-0.4, -0.2) is 22.4 Å². The molecule has 1 heterocycles. The maximum absolute atomic E-state index is 13.0. The number of hydrogen-bond donors (Lipinski definition) is 2. The molecule has 21 heavy (non-hydrogen) atoms. The zero-order valence-corrected chi connectivity index (χ0v) is 12.9. The molecule has 1 amide bonds. The van der Waals surface area contributed by atoms with Gasteiger partial charge in [0, 0.05) is 11.0 Å². The number of aromatic nitrogens is 2. The normalized spacial score (nSPS) is 10.2. The van der Waals surface area contributed by atoms with Crippen molar-refractivity contribution in [1.29, 1.82) is 0 Å². The lowest BCUT2D eigenvalue weighted by molar-refractivity contribution is 0.102. The van der Waals surface area contributed by atoms with Crippen LogP contribution >= 0.6 is 15.9 Å². The van der Waals surface area contributed by atoms with Gasteiger partial charge in [-0.3, -0.25) is 9.78 Å². The molecule has 110 valence electrons. The van der Waals surface area contributed by atoms with Gasteiger partial charge >= 0.3 is 0 Å². The second kappa shape index (κ2) is 7.12. The van der Waals surface area contributed by atoms with E-state index < -0.39 is 5.91 Å². The first-order chi connectivity index (χ1) is 10.1. The lowest BCUT2D eigenvalue weighted by atomic mass is 10.3. The number of carbonyl (C=O) groups excluding carboxylic acids is 1. The van der Waals surface area contributed by atoms with Gasteiger partial charge in [0.1, 0.15) is 17.3 Å². The van der Waals surface area contributed by atoms with Crippen LogP contribution < -0.4 is 10.6 Å². The molecule has 0 saturated carbocycles. The first kappa shape index (κ1) is 15.4. The van der Waals surface area contributed by atoms with Gasteiger partial charge in [-0.15, -0.1) is 0 Å². The van der Waals surface area contributed by atoms with Gasteiger partial charge in [-0.2, -0.15) is 0 Å². The van der Waals surface area contributed by atoms with E-state index in [1.54, 1.807) is 6.20 Å². The van der Waals surface area contributed by atoms with Gasteiger partial charge in [0.2, 0.25) is 0 Å². The zero-order chi connectivity index (χ0) is 15.2. The third-order valence-electron chi connectivity index (χ3n) is 2.60. The molecular weight excluding hydrogens is 339 g/mol. The Balaban J connectivity index is 2.12. The number of nitrogens with one attached hydrogen (secondary N) is 2. The molecule has 0 spiro atoms. The summed E-state index contributed by atoms with van der Waals surface area (Å²) < 4.78 is 13.5. The molecular formula is C14H14BrFN4O. The van der Waals surface area contributed by atoms with Crippen LogP contribution in [0.1, 0.15) is 23.8 Å². The van der Waals surface area contributed by atoms with Crippen molar-refractivity contribution in [1.82, 2.24) is 9.97 Å². The van der Waals surface area contributed by atoms with Crippen LogP contribution in [0.15, 0.2) is 35.1 Å². The van der Waals surface area contributed by atoms with Gasteiger partial charge in [0.15, 0.2) is 0 Å². The number of nitrogens with zero attached hydrogens (tertiary/aromatic N) is 2. The Kier molecular flexibility index (Phi) is 5.21. The average Bonchev–Trinajstić information content (AvgIpc) is 2.48. The van der Waals surface area contributed by atoms with E-state index in [4.69, 9.17) is 0 Å². The Hall–Kier alpha value is -2.02. The van der Waals surface area contributed by atoms with Gasteiger partial charge in [-0.05, 0) is 40.5 Å². The molecule has 0 aliphatic heterocycles. The number of hydrogen-bond acceptors (Lipinski definition) is 4. The molecule has 1 aromatic carbocycles. The van der Waals surface area contributed by atoms with Crippen LogP contribution in [0.4, 0.5) is 15.9 Å². The Labute approximate surface area is 130 Å². The van der Waals surface area contributed by atoms with Crippen LogP contribution in [0, 0.1) is 5.82 Å². The molecule has 0 atom stereocenters.